The van der Waals surface area contributed by atoms with Crippen molar-refractivity contribution in [1.29, 1.82) is 0 Å². The Labute approximate surface area is 148 Å². The van der Waals surface area contributed by atoms with Crippen LogP contribution in [0.3, 0.4) is 0 Å². The maximum atomic E-state index is 13.1. The Morgan fingerprint density at radius 3 is 2.19 bits per heavy atom. The second kappa shape index (κ2) is 6.85. The molecule has 3 rings (SSSR count). The first-order chi connectivity index (χ1) is 12.3. The summed E-state index contributed by atoms with van der Waals surface area (Å²) in [6, 6.07) is 13.7. The van der Waals surface area contributed by atoms with E-state index in [1.165, 1.54) is 42.1 Å². The van der Waals surface area contributed by atoms with Gasteiger partial charge in [0.25, 0.3) is 6.43 Å². The zero-order chi connectivity index (χ0) is 18.9. The highest BCUT2D eigenvalue weighted by Crippen LogP contribution is 2.29. The fourth-order valence-electron chi connectivity index (χ4n) is 2.45. The summed E-state index contributed by atoms with van der Waals surface area (Å²) in [6.45, 7) is 0. The normalized spacial score (nSPS) is 11.7. The first-order valence-electron chi connectivity index (χ1n) is 7.45. The van der Waals surface area contributed by atoms with Crippen molar-refractivity contribution in [3.05, 3.63) is 60.3 Å². The Morgan fingerprint density at radius 2 is 1.69 bits per heavy atom. The third-order valence-corrected chi connectivity index (χ3v) is 4.68. The lowest BCUT2D eigenvalue weighted by molar-refractivity contribution is 0.145. The highest BCUT2D eigenvalue weighted by atomic mass is 32.2. The predicted octanol–water partition coefficient (Wildman–Crippen LogP) is 3.13. The summed E-state index contributed by atoms with van der Waals surface area (Å²) in [7, 11) is -2.31. The molecule has 9 heteroatoms. The van der Waals surface area contributed by atoms with Crippen molar-refractivity contribution in [1.82, 2.24) is 9.78 Å². The van der Waals surface area contributed by atoms with Crippen LogP contribution < -0.4 is 9.88 Å². The van der Waals surface area contributed by atoms with Crippen LogP contribution in [0.15, 0.2) is 59.5 Å². The molecule has 2 N–H and O–H groups in total. The first kappa shape index (κ1) is 18.0. The number of hydrogen-bond donors (Lipinski definition) is 1. The summed E-state index contributed by atoms with van der Waals surface area (Å²) in [6.07, 6.45) is -2.74. The molecule has 0 unspecified atom stereocenters. The van der Waals surface area contributed by atoms with E-state index in [9.17, 15) is 17.2 Å². The molecule has 26 heavy (non-hydrogen) atoms. The number of sulfonamides is 1. The lowest BCUT2D eigenvalue weighted by atomic mass is 10.1. The summed E-state index contributed by atoms with van der Waals surface area (Å²) in [4.78, 5) is -0.0755. The van der Waals surface area contributed by atoms with E-state index in [4.69, 9.17) is 9.88 Å². The molecule has 6 nitrogen and oxygen atoms in total. The second-order valence-corrected chi connectivity index (χ2v) is 7.00. The van der Waals surface area contributed by atoms with Gasteiger partial charge >= 0.3 is 0 Å². The van der Waals surface area contributed by atoms with Crippen molar-refractivity contribution in [2.24, 2.45) is 5.14 Å². The van der Waals surface area contributed by atoms with Gasteiger partial charge in [0.2, 0.25) is 10.0 Å². The molecule has 0 bridgehead atoms. The summed E-state index contributed by atoms with van der Waals surface area (Å²) in [5.74, 6) is 0.631. The van der Waals surface area contributed by atoms with Crippen molar-refractivity contribution in [3.8, 4) is 22.7 Å². The maximum Gasteiger partial charge on any atom is 0.282 e. The smallest absolute Gasteiger partial charge is 0.282 e. The molecule has 0 spiro atoms. The number of primary sulfonamides is 1. The summed E-state index contributed by atoms with van der Waals surface area (Å²) in [5, 5.41) is 9.02. The zero-order valence-electron chi connectivity index (χ0n) is 13.6. The molecule has 1 aromatic heterocycles. The van der Waals surface area contributed by atoms with Crippen LogP contribution in [-0.2, 0) is 10.0 Å². The van der Waals surface area contributed by atoms with E-state index in [-0.39, 0.29) is 10.6 Å². The lowest BCUT2D eigenvalue weighted by Gasteiger charge is -2.09. The molecule has 0 aliphatic heterocycles. The zero-order valence-corrected chi connectivity index (χ0v) is 14.5. The van der Waals surface area contributed by atoms with E-state index in [2.05, 4.69) is 5.10 Å². The molecule has 0 saturated carbocycles. The van der Waals surface area contributed by atoms with Crippen LogP contribution in [0.1, 0.15) is 12.1 Å². The van der Waals surface area contributed by atoms with E-state index in [1.54, 1.807) is 24.3 Å². The van der Waals surface area contributed by atoms with Crippen molar-refractivity contribution in [2.45, 2.75) is 11.3 Å². The van der Waals surface area contributed by atoms with E-state index in [1.807, 2.05) is 0 Å². The minimum atomic E-state index is -3.84. The number of nitrogens with zero attached hydrogens (tertiary/aromatic N) is 2. The molecule has 0 amide bonds. The fraction of sp³-hybridized carbons (Fsp3) is 0.118. The number of aromatic nitrogens is 2. The van der Waals surface area contributed by atoms with Gasteiger partial charge in [0, 0.05) is 5.56 Å². The van der Waals surface area contributed by atoms with Gasteiger partial charge in [0.1, 0.15) is 11.4 Å². The highest BCUT2D eigenvalue weighted by molar-refractivity contribution is 7.89. The Balaban J connectivity index is 2.10. The van der Waals surface area contributed by atoms with Gasteiger partial charge in [0.05, 0.1) is 23.4 Å². The van der Waals surface area contributed by atoms with Crippen LogP contribution in [0, 0.1) is 0 Å². The first-order valence-corrected chi connectivity index (χ1v) is 9.00. The minimum absolute atomic E-state index is 0.0755. The molecule has 2 aromatic carbocycles. The number of methoxy groups -OCH3 is 1. The van der Waals surface area contributed by atoms with Crippen molar-refractivity contribution in [2.75, 3.05) is 7.11 Å². The molecule has 0 radical (unpaired) electrons. The molecule has 0 saturated heterocycles. The van der Waals surface area contributed by atoms with Crippen molar-refractivity contribution in [3.63, 3.8) is 0 Å². The molecule has 0 atom stereocenters. The van der Waals surface area contributed by atoms with Crippen LogP contribution in [0.2, 0.25) is 0 Å². The Hall–Kier alpha value is -2.78. The van der Waals surface area contributed by atoms with Crippen LogP contribution in [0.25, 0.3) is 16.9 Å². The minimum Gasteiger partial charge on any atom is -0.497 e. The van der Waals surface area contributed by atoms with E-state index in [0.717, 1.165) is 0 Å². The van der Waals surface area contributed by atoms with Gasteiger partial charge in [-0.1, -0.05) is 0 Å². The number of rotatable bonds is 5. The van der Waals surface area contributed by atoms with Crippen molar-refractivity contribution >= 4 is 10.0 Å². The average molecular weight is 378 g/mol. The van der Waals surface area contributed by atoms with E-state index < -0.39 is 16.4 Å². The van der Waals surface area contributed by atoms with Crippen LogP contribution in [0.4, 0.5) is 8.78 Å². The molecule has 3 aromatic rings. The number of nitrogens with two attached hydrogens (primary N) is 1. The van der Waals surface area contributed by atoms with Crippen LogP contribution in [0.5, 0.6) is 5.75 Å². The molecule has 136 valence electrons. The number of ether oxygens (including phenoxy) is 1. The summed E-state index contributed by atoms with van der Waals surface area (Å²) < 4.78 is 55.4. The van der Waals surface area contributed by atoms with Gasteiger partial charge in [-0.2, -0.15) is 5.10 Å². The second-order valence-electron chi connectivity index (χ2n) is 5.43. The molecule has 0 aliphatic carbocycles. The lowest BCUT2D eigenvalue weighted by Crippen LogP contribution is -2.12. The number of alkyl halides is 2. The Kier molecular flexibility index (Phi) is 4.75. The standard InChI is InChI=1S/C17H15F2N3O3S/c1-25-13-6-2-11(3-7-13)16-10-15(17(18)19)21-22(16)12-4-8-14(9-5-12)26(20,23)24/h2-10,17H,1H3,(H2,20,23,24)/i1-1. The number of benzene rings is 2. The van der Waals surface area contributed by atoms with Crippen LogP contribution in [-0.4, -0.2) is 25.3 Å². The van der Waals surface area contributed by atoms with Gasteiger partial charge < -0.3 is 4.74 Å². The van der Waals surface area contributed by atoms with Gasteiger partial charge in [-0.15, -0.1) is 0 Å². The Bertz CT molecular complexity index is 1010. The highest BCUT2D eigenvalue weighted by Gasteiger charge is 2.18. The van der Waals surface area contributed by atoms with Gasteiger partial charge in [-0.3, -0.25) is 0 Å². The van der Waals surface area contributed by atoms with Crippen LogP contribution >= 0.6 is 0 Å². The number of hydrogen-bond acceptors (Lipinski definition) is 4. The molecular formula is C17H15F2N3O3S. The van der Waals surface area contributed by atoms with E-state index in [0.29, 0.717) is 22.7 Å². The molecule has 1 heterocycles. The number of halogens is 2. The largest absolute Gasteiger partial charge is 0.497 e. The average Bonchev–Trinajstić information content (AvgIpc) is 3.07. The molecule has 0 fully saturated rings. The quantitative estimate of drug-likeness (QED) is 0.739. The molecular weight excluding hydrogens is 363 g/mol. The SMILES string of the molecule is [11CH3]Oc1ccc(-c2cc(C(F)F)nn2-c2ccc(S(N)(=O)=O)cc2)cc1. The third kappa shape index (κ3) is 3.58. The van der Waals surface area contributed by atoms with Gasteiger partial charge in [-0.25, -0.2) is 27.0 Å². The topological polar surface area (TPSA) is 87.2 Å². The van der Waals surface area contributed by atoms with E-state index >= 15 is 0 Å². The summed E-state index contributed by atoms with van der Waals surface area (Å²) >= 11 is 0. The third-order valence-electron chi connectivity index (χ3n) is 3.75. The summed E-state index contributed by atoms with van der Waals surface area (Å²) in [5.41, 5.74) is 1.13. The monoisotopic (exact) mass is 378 g/mol. The van der Waals surface area contributed by atoms with Gasteiger partial charge in [-0.05, 0) is 54.6 Å². The van der Waals surface area contributed by atoms with Gasteiger partial charge in [0.15, 0.2) is 0 Å². The Morgan fingerprint density at radius 1 is 1.08 bits per heavy atom. The van der Waals surface area contributed by atoms with Crippen molar-refractivity contribution < 1.29 is 21.9 Å². The molecule has 0 aliphatic rings. The maximum absolute atomic E-state index is 13.1. The predicted molar refractivity (Wildman–Crippen MR) is 91.9 cm³/mol. The fourth-order valence-corrected chi connectivity index (χ4v) is 2.96.